The molecule has 90 valence electrons. The van der Waals surface area contributed by atoms with E-state index < -0.39 is 5.82 Å². The van der Waals surface area contributed by atoms with Gasteiger partial charge in [-0.2, -0.15) is 5.26 Å². The van der Waals surface area contributed by atoms with Gasteiger partial charge in [0.05, 0.1) is 5.56 Å². The van der Waals surface area contributed by atoms with Gasteiger partial charge in [-0.25, -0.2) is 4.39 Å². The molecule has 3 nitrogen and oxygen atoms in total. The van der Waals surface area contributed by atoms with Gasteiger partial charge < -0.3 is 0 Å². The largest absolute Gasteiger partial charge is 0.298 e. The lowest BCUT2D eigenvalue weighted by molar-refractivity contribution is -0.105. The molecular weight excluding hydrogens is 231 g/mol. The minimum absolute atomic E-state index is 0.0252. The molecule has 2 unspecified atom stereocenters. The molecule has 1 heterocycles. The number of aldehydes is 1. The van der Waals surface area contributed by atoms with Gasteiger partial charge in [0.1, 0.15) is 18.2 Å². The number of aliphatic imine (C=N–C) groups is 1. The smallest absolute Gasteiger partial charge is 0.148 e. The number of halogens is 1. The average molecular weight is 242 g/mol. The molecule has 1 aromatic carbocycles. The van der Waals surface area contributed by atoms with Crippen LogP contribution in [0.2, 0.25) is 0 Å². The first kappa shape index (κ1) is 12.2. The Balaban J connectivity index is 2.30. The minimum atomic E-state index is -0.534. The molecule has 2 atom stereocenters. The van der Waals surface area contributed by atoms with Gasteiger partial charge in [-0.1, -0.05) is 13.0 Å². The Morgan fingerprint density at radius 2 is 2.33 bits per heavy atom. The topological polar surface area (TPSA) is 53.2 Å². The zero-order valence-corrected chi connectivity index (χ0v) is 9.80. The Kier molecular flexibility index (Phi) is 3.33. The molecule has 0 saturated carbocycles. The first-order valence-corrected chi connectivity index (χ1v) is 5.55. The van der Waals surface area contributed by atoms with Gasteiger partial charge in [0.15, 0.2) is 0 Å². The summed E-state index contributed by atoms with van der Waals surface area (Å²) < 4.78 is 13.5. The number of carbonyl (C=O) groups excluding carboxylic acids is 1. The Morgan fingerprint density at radius 3 is 2.94 bits per heavy atom. The summed E-state index contributed by atoms with van der Waals surface area (Å²) in [6, 6.07) is 6.29. The van der Waals surface area contributed by atoms with Crippen molar-refractivity contribution >= 4 is 12.5 Å². The fourth-order valence-electron chi connectivity index (χ4n) is 2.03. The van der Waals surface area contributed by atoms with Crippen LogP contribution in [0.1, 0.15) is 24.0 Å². The second-order valence-electron chi connectivity index (χ2n) is 4.21. The number of nitrogens with zero attached hydrogens (tertiary/aromatic N) is 2. The van der Waals surface area contributed by atoms with Gasteiger partial charge in [0.2, 0.25) is 0 Å². The first-order chi connectivity index (χ1) is 8.67. The summed E-state index contributed by atoms with van der Waals surface area (Å²) in [5.74, 6) is -0.724. The van der Waals surface area contributed by atoms with Crippen LogP contribution < -0.4 is 0 Å². The minimum Gasteiger partial charge on any atom is -0.298 e. The Bertz CT molecular complexity index is 584. The molecule has 0 N–H and O–H groups in total. The Hall–Kier alpha value is -2.28. The third-order valence-electron chi connectivity index (χ3n) is 3.17. The average Bonchev–Trinajstić information content (AvgIpc) is 2.86. The SMILES string of the molecule is CC(c1ccc(C#N)c(F)c1)C1C=NC=C1C=O. The van der Waals surface area contributed by atoms with Gasteiger partial charge in [0.25, 0.3) is 0 Å². The van der Waals surface area contributed by atoms with Crippen LogP contribution in [0, 0.1) is 23.1 Å². The molecule has 0 spiro atoms. The van der Waals surface area contributed by atoms with E-state index in [1.807, 2.05) is 6.92 Å². The zero-order valence-electron chi connectivity index (χ0n) is 9.80. The molecule has 0 radical (unpaired) electrons. The van der Waals surface area contributed by atoms with Crippen molar-refractivity contribution in [3.63, 3.8) is 0 Å². The predicted octanol–water partition coefficient (Wildman–Crippen LogP) is 2.58. The molecule has 4 heteroatoms. The van der Waals surface area contributed by atoms with Crippen molar-refractivity contribution in [2.75, 3.05) is 0 Å². The van der Waals surface area contributed by atoms with E-state index >= 15 is 0 Å². The normalized spacial score (nSPS) is 19.2. The van der Waals surface area contributed by atoms with Crippen LogP contribution in [-0.2, 0) is 4.79 Å². The summed E-state index contributed by atoms with van der Waals surface area (Å²) in [6.45, 7) is 1.90. The summed E-state index contributed by atoms with van der Waals surface area (Å²) in [5, 5.41) is 8.67. The van der Waals surface area contributed by atoms with Gasteiger partial charge in [0, 0.05) is 23.9 Å². The Morgan fingerprint density at radius 1 is 1.56 bits per heavy atom. The highest BCUT2D eigenvalue weighted by atomic mass is 19.1. The van der Waals surface area contributed by atoms with E-state index in [0.717, 1.165) is 11.8 Å². The lowest BCUT2D eigenvalue weighted by Crippen LogP contribution is -2.13. The van der Waals surface area contributed by atoms with E-state index in [0.29, 0.717) is 5.57 Å². The molecule has 1 aliphatic rings. The fraction of sp³-hybridized carbons (Fsp3) is 0.214. The molecule has 0 aliphatic carbocycles. The standard InChI is InChI=1S/C14H11FN2O/c1-9(13-7-17-6-12(13)8-18)10-2-3-11(5-16)14(15)4-10/h2-4,6-9,13H,1H3. The first-order valence-electron chi connectivity index (χ1n) is 5.55. The molecule has 1 aliphatic heterocycles. The molecule has 18 heavy (non-hydrogen) atoms. The number of benzene rings is 1. The van der Waals surface area contributed by atoms with E-state index in [9.17, 15) is 9.18 Å². The highest BCUT2D eigenvalue weighted by molar-refractivity contribution is 5.86. The van der Waals surface area contributed by atoms with Crippen molar-refractivity contribution in [3.05, 3.63) is 46.9 Å². The summed E-state index contributed by atoms with van der Waals surface area (Å²) in [6.07, 6.45) is 3.98. The highest BCUT2D eigenvalue weighted by Gasteiger charge is 2.24. The lowest BCUT2D eigenvalue weighted by Gasteiger charge is -2.18. The quantitative estimate of drug-likeness (QED) is 0.765. The van der Waals surface area contributed by atoms with Crippen LogP contribution >= 0.6 is 0 Å². The van der Waals surface area contributed by atoms with E-state index in [1.165, 1.54) is 18.3 Å². The number of hydrogen-bond donors (Lipinski definition) is 0. The third-order valence-corrected chi connectivity index (χ3v) is 3.17. The molecule has 0 fully saturated rings. The van der Waals surface area contributed by atoms with Crippen molar-refractivity contribution < 1.29 is 9.18 Å². The van der Waals surface area contributed by atoms with Gasteiger partial charge in [-0.3, -0.25) is 9.79 Å². The number of rotatable bonds is 3. The number of allylic oxidation sites excluding steroid dienone is 1. The van der Waals surface area contributed by atoms with Crippen molar-refractivity contribution in [3.8, 4) is 6.07 Å². The number of carbonyl (C=O) groups is 1. The second-order valence-corrected chi connectivity index (χ2v) is 4.21. The summed E-state index contributed by atoms with van der Waals surface area (Å²) >= 11 is 0. The summed E-state index contributed by atoms with van der Waals surface area (Å²) in [4.78, 5) is 14.8. The highest BCUT2D eigenvalue weighted by Crippen LogP contribution is 2.31. The van der Waals surface area contributed by atoms with E-state index in [2.05, 4.69) is 4.99 Å². The van der Waals surface area contributed by atoms with Crippen LogP contribution in [0.4, 0.5) is 4.39 Å². The van der Waals surface area contributed by atoms with Gasteiger partial charge in [-0.05, 0) is 23.6 Å². The van der Waals surface area contributed by atoms with Crippen molar-refractivity contribution in [2.45, 2.75) is 12.8 Å². The molecule has 0 bridgehead atoms. The van der Waals surface area contributed by atoms with Crippen molar-refractivity contribution in [1.29, 1.82) is 5.26 Å². The monoisotopic (exact) mass is 242 g/mol. The summed E-state index contributed by atoms with van der Waals surface area (Å²) in [7, 11) is 0. The molecule has 0 saturated heterocycles. The second kappa shape index (κ2) is 4.92. The van der Waals surface area contributed by atoms with Crippen molar-refractivity contribution in [1.82, 2.24) is 0 Å². The summed E-state index contributed by atoms with van der Waals surface area (Å²) in [5.41, 5.74) is 1.36. The molecule has 1 aromatic rings. The van der Waals surface area contributed by atoms with Crippen LogP contribution in [0.3, 0.4) is 0 Å². The maximum atomic E-state index is 13.5. The third kappa shape index (κ3) is 2.07. The predicted molar refractivity (Wildman–Crippen MR) is 65.7 cm³/mol. The van der Waals surface area contributed by atoms with Crippen LogP contribution in [0.5, 0.6) is 0 Å². The van der Waals surface area contributed by atoms with Crippen LogP contribution in [-0.4, -0.2) is 12.5 Å². The zero-order chi connectivity index (χ0) is 13.1. The Labute approximate surface area is 104 Å². The van der Waals surface area contributed by atoms with Crippen LogP contribution in [0.15, 0.2) is 35.0 Å². The van der Waals surface area contributed by atoms with E-state index in [-0.39, 0.29) is 17.4 Å². The van der Waals surface area contributed by atoms with Crippen molar-refractivity contribution in [2.24, 2.45) is 10.9 Å². The molecular formula is C14H11FN2O. The fourth-order valence-corrected chi connectivity index (χ4v) is 2.03. The maximum Gasteiger partial charge on any atom is 0.148 e. The van der Waals surface area contributed by atoms with E-state index in [1.54, 1.807) is 18.4 Å². The van der Waals surface area contributed by atoms with Gasteiger partial charge >= 0.3 is 0 Å². The maximum absolute atomic E-state index is 13.5. The lowest BCUT2D eigenvalue weighted by atomic mass is 9.84. The van der Waals surface area contributed by atoms with Gasteiger partial charge in [-0.15, -0.1) is 0 Å². The van der Waals surface area contributed by atoms with Crippen LogP contribution in [0.25, 0.3) is 0 Å². The molecule has 0 amide bonds. The molecule has 2 rings (SSSR count). The molecule has 0 aromatic heterocycles. The number of nitriles is 1. The van der Waals surface area contributed by atoms with E-state index in [4.69, 9.17) is 5.26 Å². The number of hydrogen-bond acceptors (Lipinski definition) is 3.